The Morgan fingerprint density at radius 2 is 1.68 bits per heavy atom. The van der Waals surface area contributed by atoms with Gasteiger partial charge in [0.25, 0.3) is 0 Å². The van der Waals surface area contributed by atoms with Crippen LogP contribution in [0.4, 0.5) is 0 Å². The number of aromatic nitrogens is 4. The lowest BCUT2D eigenvalue weighted by Crippen LogP contribution is -2.45. The van der Waals surface area contributed by atoms with Crippen LogP contribution in [0.1, 0.15) is 44.5 Å². The Bertz CT molecular complexity index is 1500. The van der Waals surface area contributed by atoms with Crippen molar-refractivity contribution in [3.63, 3.8) is 0 Å². The number of hydrogen-bond acceptors (Lipinski definition) is 9. The van der Waals surface area contributed by atoms with Crippen LogP contribution >= 0.6 is 0 Å². The van der Waals surface area contributed by atoms with Crippen molar-refractivity contribution in [3.05, 3.63) is 96.1 Å². The first kappa shape index (κ1) is 25.1. The lowest BCUT2D eigenvalue weighted by atomic mass is 9.97. The van der Waals surface area contributed by atoms with Gasteiger partial charge in [-0.1, -0.05) is 48.0 Å². The average molecular weight is 515 g/mol. The van der Waals surface area contributed by atoms with E-state index in [2.05, 4.69) is 21.5 Å². The number of aromatic hydroxyl groups is 1. The fourth-order valence-electron chi connectivity index (χ4n) is 4.33. The Kier molecular flexibility index (Phi) is 6.64. The molecule has 0 spiro atoms. The summed E-state index contributed by atoms with van der Waals surface area (Å²) < 4.78 is 19.5. The summed E-state index contributed by atoms with van der Waals surface area (Å²) >= 11 is 0. The Balaban J connectivity index is 1.44. The second-order valence-corrected chi connectivity index (χ2v) is 9.19. The number of rotatable bonds is 7. The molecule has 5 rings (SSSR count). The highest BCUT2D eigenvalue weighted by Crippen LogP contribution is 2.41. The zero-order chi connectivity index (χ0) is 26.9. The molecule has 3 atom stereocenters. The quantitative estimate of drug-likeness (QED) is 0.287. The van der Waals surface area contributed by atoms with Crippen LogP contribution in [-0.4, -0.2) is 54.9 Å². The van der Waals surface area contributed by atoms with E-state index in [1.807, 2.05) is 38.1 Å². The van der Waals surface area contributed by atoms with E-state index in [1.54, 1.807) is 28.8 Å². The first-order chi connectivity index (χ1) is 18.3. The fourth-order valence-corrected chi connectivity index (χ4v) is 4.33. The van der Waals surface area contributed by atoms with Crippen LogP contribution in [-0.2, 0) is 14.2 Å². The van der Waals surface area contributed by atoms with Crippen LogP contribution in [0.2, 0.25) is 0 Å². The Labute approximate surface area is 218 Å². The van der Waals surface area contributed by atoms with Crippen LogP contribution in [0.5, 0.6) is 5.88 Å². The van der Waals surface area contributed by atoms with Gasteiger partial charge < -0.3 is 19.3 Å². The first-order valence-electron chi connectivity index (χ1n) is 12.0. The molecule has 0 unspecified atom stereocenters. The SMILES string of the molecule is C=C[C@]1(COC(=O)c2ccc(C)cc2)O[C@@H](n2cnc3c(O)ncnc32)C[C@@H]1OC(=O)c1ccc(C)cc1. The van der Waals surface area contributed by atoms with Gasteiger partial charge in [0.1, 0.15) is 25.3 Å². The number of ether oxygens (including phenoxy) is 3. The van der Waals surface area contributed by atoms with Gasteiger partial charge in [-0.2, -0.15) is 4.98 Å². The van der Waals surface area contributed by atoms with Crippen molar-refractivity contribution in [2.45, 2.75) is 38.2 Å². The van der Waals surface area contributed by atoms with E-state index in [0.717, 1.165) is 11.1 Å². The second-order valence-electron chi connectivity index (χ2n) is 9.19. The van der Waals surface area contributed by atoms with Gasteiger partial charge in [0.05, 0.1) is 17.5 Å². The van der Waals surface area contributed by atoms with Crippen LogP contribution in [0, 0.1) is 13.8 Å². The number of aryl methyl sites for hydroxylation is 2. The maximum Gasteiger partial charge on any atom is 0.338 e. The third-order valence-corrected chi connectivity index (χ3v) is 6.56. The minimum Gasteiger partial charge on any atom is -0.492 e. The standard InChI is InChI=1S/C28H26N4O6/c1-4-28(14-36-26(34)19-9-5-17(2)6-10-19)21(37-27(35)20-11-7-18(3)8-12-20)13-22(38-28)32-16-31-23-24(32)29-15-30-25(23)33/h4-12,15-16,21-22H,1,13-14H2,2-3H3,(H,29,30,33)/t21-,22+,28+/m0/s1. The Morgan fingerprint density at radius 3 is 2.32 bits per heavy atom. The predicted molar refractivity (Wildman–Crippen MR) is 136 cm³/mol. The van der Waals surface area contributed by atoms with Gasteiger partial charge in [-0.15, -0.1) is 0 Å². The summed E-state index contributed by atoms with van der Waals surface area (Å²) in [5.74, 6) is -1.37. The van der Waals surface area contributed by atoms with E-state index in [4.69, 9.17) is 14.2 Å². The molecule has 0 saturated carbocycles. The average Bonchev–Trinajstić information content (AvgIpc) is 3.51. The first-order valence-corrected chi connectivity index (χ1v) is 12.0. The zero-order valence-corrected chi connectivity index (χ0v) is 20.9. The summed E-state index contributed by atoms with van der Waals surface area (Å²) in [5.41, 5.74) is 1.94. The number of benzene rings is 2. The normalized spacial score (nSPS) is 20.8. The Hall–Kier alpha value is -4.57. The molecule has 10 heteroatoms. The molecule has 1 aliphatic heterocycles. The predicted octanol–water partition coefficient (Wildman–Crippen LogP) is 4.08. The van der Waals surface area contributed by atoms with Crippen LogP contribution < -0.4 is 0 Å². The van der Waals surface area contributed by atoms with Crippen molar-refractivity contribution >= 4 is 23.1 Å². The topological polar surface area (TPSA) is 126 Å². The van der Waals surface area contributed by atoms with Crippen molar-refractivity contribution in [2.75, 3.05) is 6.61 Å². The van der Waals surface area contributed by atoms with Crippen LogP contribution in [0.25, 0.3) is 11.2 Å². The minimum absolute atomic E-state index is 0.182. The van der Waals surface area contributed by atoms with Crippen LogP contribution in [0.15, 0.2) is 73.8 Å². The number of esters is 2. The molecule has 2 aromatic heterocycles. The molecule has 4 aromatic rings. The van der Waals surface area contributed by atoms with Crippen molar-refractivity contribution in [1.29, 1.82) is 0 Å². The highest BCUT2D eigenvalue weighted by atomic mass is 16.6. The summed E-state index contributed by atoms with van der Waals surface area (Å²) in [5, 5.41) is 10.1. The molecule has 1 saturated heterocycles. The smallest absolute Gasteiger partial charge is 0.338 e. The van der Waals surface area contributed by atoms with E-state index in [0.29, 0.717) is 16.8 Å². The molecule has 1 N–H and O–H groups in total. The highest BCUT2D eigenvalue weighted by molar-refractivity contribution is 5.90. The van der Waals surface area contributed by atoms with Gasteiger partial charge in [0.15, 0.2) is 16.8 Å². The molecule has 0 bridgehead atoms. The van der Waals surface area contributed by atoms with Gasteiger partial charge in [0.2, 0.25) is 5.88 Å². The lowest BCUT2D eigenvalue weighted by molar-refractivity contribution is -0.102. The number of nitrogens with zero attached hydrogens (tertiary/aromatic N) is 4. The summed E-state index contributed by atoms with van der Waals surface area (Å²) in [4.78, 5) is 38.0. The van der Waals surface area contributed by atoms with Crippen molar-refractivity contribution in [2.24, 2.45) is 0 Å². The monoisotopic (exact) mass is 514 g/mol. The van der Waals surface area contributed by atoms with Gasteiger partial charge in [0, 0.05) is 6.42 Å². The molecular formula is C28H26N4O6. The van der Waals surface area contributed by atoms with Gasteiger partial charge in [-0.05, 0) is 38.1 Å². The minimum atomic E-state index is -1.36. The number of imidazole rings is 1. The molecule has 1 aliphatic rings. The van der Waals surface area contributed by atoms with Crippen molar-refractivity contribution < 1.29 is 28.9 Å². The van der Waals surface area contributed by atoms with Gasteiger partial charge >= 0.3 is 11.9 Å². The number of hydrogen-bond donors (Lipinski definition) is 1. The van der Waals surface area contributed by atoms with E-state index in [9.17, 15) is 14.7 Å². The molecule has 194 valence electrons. The molecule has 0 aliphatic carbocycles. The number of fused-ring (bicyclic) bond motifs is 1. The third kappa shape index (κ3) is 4.73. The molecule has 38 heavy (non-hydrogen) atoms. The molecule has 0 amide bonds. The largest absolute Gasteiger partial charge is 0.492 e. The summed E-state index contributed by atoms with van der Waals surface area (Å²) in [6, 6.07) is 14.0. The third-order valence-electron chi connectivity index (χ3n) is 6.56. The second kappa shape index (κ2) is 10.1. The zero-order valence-electron chi connectivity index (χ0n) is 20.9. The van der Waals surface area contributed by atoms with E-state index < -0.39 is 29.9 Å². The molecule has 1 fully saturated rings. The molecule has 3 heterocycles. The fraction of sp³-hybridized carbons (Fsp3) is 0.250. The van der Waals surface area contributed by atoms with Crippen molar-refractivity contribution in [1.82, 2.24) is 19.5 Å². The summed E-state index contributed by atoms with van der Waals surface area (Å²) in [7, 11) is 0. The molecule has 10 nitrogen and oxygen atoms in total. The molecule has 2 aromatic carbocycles. The number of carbonyl (C=O) groups is 2. The maximum atomic E-state index is 13.1. The molecular weight excluding hydrogens is 488 g/mol. The van der Waals surface area contributed by atoms with E-state index in [-0.39, 0.29) is 24.4 Å². The van der Waals surface area contributed by atoms with Gasteiger partial charge in [-0.3, -0.25) is 4.57 Å². The number of carbonyl (C=O) groups excluding carboxylic acids is 2. The van der Waals surface area contributed by atoms with Crippen molar-refractivity contribution in [3.8, 4) is 5.88 Å². The van der Waals surface area contributed by atoms with E-state index in [1.165, 1.54) is 18.7 Å². The van der Waals surface area contributed by atoms with Crippen LogP contribution in [0.3, 0.4) is 0 Å². The molecule has 0 radical (unpaired) electrons. The summed E-state index contributed by atoms with van der Waals surface area (Å²) in [6.07, 6.45) is 2.75. The Morgan fingerprint density at radius 1 is 1.05 bits per heavy atom. The maximum absolute atomic E-state index is 13.1. The lowest BCUT2D eigenvalue weighted by Gasteiger charge is -2.30. The van der Waals surface area contributed by atoms with Gasteiger partial charge in [-0.25, -0.2) is 19.6 Å². The van der Waals surface area contributed by atoms with E-state index >= 15 is 0 Å². The summed E-state index contributed by atoms with van der Waals surface area (Å²) in [6.45, 7) is 7.51. The highest BCUT2D eigenvalue weighted by Gasteiger charge is 2.51.